The average Bonchev–Trinajstić information content (AvgIpc) is 3.64. The summed E-state index contributed by atoms with van der Waals surface area (Å²) in [7, 11) is 0. The highest BCUT2D eigenvalue weighted by atomic mass is 32.2. The smallest absolute Gasteiger partial charge is 0.408 e. The number of thioether (sulfide) groups is 1. The van der Waals surface area contributed by atoms with E-state index in [1.54, 1.807) is 23.1 Å². The fourth-order valence-electron chi connectivity index (χ4n) is 5.36. The third-order valence-electron chi connectivity index (χ3n) is 7.86. The van der Waals surface area contributed by atoms with Gasteiger partial charge >= 0.3 is 6.09 Å². The molecule has 0 aliphatic carbocycles. The maximum absolute atomic E-state index is 13.0. The van der Waals surface area contributed by atoms with E-state index < -0.39 is 24.3 Å². The summed E-state index contributed by atoms with van der Waals surface area (Å²) in [5.74, 6) is -0.172. The van der Waals surface area contributed by atoms with Crippen molar-refractivity contribution in [3.63, 3.8) is 0 Å². The largest absolute Gasteiger partial charge is 0.445 e. The predicted octanol–water partition coefficient (Wildman–Crippen LogP) is 5.23. The summed E-state index contributed by atoms with van der Waals surface area (Å²) in [4.78, 5) is 39.2. The summed E-state index contributed by atoms with van der Waals surface area (Å²) >= 11 is 3.15. The van der Waals surface area contributed by atoms with E-state index in [4.69, 9.17) is 14.2 Å². The van der Waals surface area contributed by atoms with Crippen LogP contribution in [0.2, 0.25) is 0 Å². The summed E-state index contributed by atoms with van der Waals surface area (Å²) < 4.78 is 18.9. The molecule has 47 heavy (non-hydrogen) atoms. The number of carbonyl (C=O) groups is 3. The van der Waals surface area contributed by atoms with Crippen LogP contribution >= 0.6 is 23.1 Å². The molecule has 3 heterocycles. The molecular formula is C34H34N4O7S2. The Labute approximate surface area is 280 Å². The highest BCUT2D eigenvalue weighted by Crippen LogP contribution is 2.39. The topological polar surface area (TPSA) is 140 Å². The van der Waals surface area contributed by atoms with Crippen molar-refractivity contribution in [1.29, 1.82) is 0 Å². The molecular weight excluding hydrogens is 641 g/mol. The first kappa shape index (κ1) is 32.8. The van der Waals surface area contributed by atoms with Crippen LogP contribution in [0.4, 0.5) is 4.79 Å². The summed E-state index contributed by atoms with van der Waals surface area (Å²) in [6.07, 6.45) is -1.24. The van der Waals surface area contributed by atoms with E-state index >= 15 is 0 Å². The van der Waals surface area contributed by atoms with Crippen LogP contribution in [0.5, 0.6) is 0 Å². The van der Waals surface area contributed by atoms with Crippen molar-refractivity contribution < 1.29 is 33.7 Å². The van der Waals surface area contributed by atoms with E-state index in [2.05, 4.69) is 15.5 Å². The van der Waals surface area contributed by atoms with Gasteiger partial charge in [0, 0.05) is 17.7 Å². The number of alkyl carbamates (subject to hydrolysis) is 1. The first-order valence-electron chi connectivity index (χ1n) is 15.2. The number of benzene rings is 3. The van der Waals surface area contributed by atoms with Crippen LogP contribution in [0, 0.1) is 6.92 Å². The second kappa shape index (κ2) is 15.2. The zero-order valence-electron chi connectivity index (χ0n) is 25.6. The Balaban J connectivity index is 1.08. The van der Waals surface area contributed by atoms with Gasteiger partial charge in [-0.25, -0.2) is 4.79 Å². The van der Waals surface area contributed by atoms with Crippen LogP contribution in [0.15, 0.2) is 83.2 Å². The highest BCUT2D eigenvalue weighted by molar-refractivity contribution is 8.01. The van der Waals surface area contributed by atoms with Gasteiger partial charge in [0.25, 0.3) is 5.91 Å². The lowest BCUT2D eigenvalue weighted by Crippen LogP contribution is -2.41. The molecule has 3 aromatic carbocycles. The zero-order valence-corrected chi connectivity index (χ0v) is 27.2. The number of rotatable bonds is 11. The number of hydrogen-bond acceptors (Lipinski definition) is 11. The first-order chi connectivity index (χ1) is 22.8. The fourth-order valence-corrected chi connectivity index (χ4v) is 7.21. The number of hydrogen-bond donors (Lipinski definition) is 2. The van der Waals surface area contributed by atoms with Gasteiger partial charge in [0.2, 0.25) is 5.91 Å². The van der Waals surface area contributed by atoms with Crippen molar-refractivity contribution in [2.24, 2.45) is 0 Å². The van der Waals surface area contributed by atoms with Crippen LogP contribution in [-0.2, 0) is 43.6 Å². The van der Waals surface area contributed by atoms with Gasteiger partial charge in [-0.3, -0.25) is 14.5 Å². The number of aliphatic hydroxyl groups excluding tert-OH is 1. The highest BCUT2D eigenvalue weighted by Gasteiger charge is 2.40. The predicted molar refractivity (Wildman–Crippen MR) is 174 cm³/mol. The molecule has 1 unspecified atom stereocenters. The lowest BCUT2D eigenvalue weighted by atomic mass is 10.0. The molecule has 4 atom stereocenters. The standard InChI is InChI=1S/C34H34N4O7S2/c1-21-36-37-34(47-21)46-20-27-15-29(25-11-9-23(18-39)10-12-25)45-32(44-27)26-13-7-22(8-14-26)17-38-30(40)16-28(31(38)41)35-33(42)43-19-24-5-3-2-4-6-24/h2-14,27-29,32,39H,15-20H2,1H3,(H,35,42)/t27-,28?,29+,32+/m1/s1. The van der Waals surface area contributed by atoms with Crippen molar-refractivity contribution in [2.75, 3.05) is 5.75 Å². The van der Waals surface area contributed by atoms with E-state index in [1.165, 1.54) is 0 Å². The first-order valence-corrected chi connectivity index (χ1v) is 17.0. The number of likely N-dealkylation sites (tertiary alicyclic amines) is 1. The number of nitrogens with one attached hydrogen (secondary N) is 1. The van der Waals surface area contributed by atoms with Crippen LogP contribution in [0.25, 0.3) is 0 Å². The Bertz CT molecular complexity index is 1680. The SMILES string of the molecule is Cc1nnc(SC[C@H]2C[C@@H](c3ccc(CO)cc3)O[C@@H](c3ccc(CN4C(=O)CC(NC(=O)OCc5ccccc5)C4=O)cc3)O2)s1. The van der Waals surface area contributed by atoms with Gasteiger partial charge in [0.05, 0.1) is 31.8 Å². The second-order valence-electron chi connectivity index (χ2n) is 11.3. The monoisotopic (exact) mass is 674 g/mol. The van der Waals surface area contributed by atoms with Gasteiger partial charge in [-0.15, -0.1) is 10.2 Å². The van der Waals surface area contributed by atoms with Gasteiger partial charge in [-0.2, -0.15) is 0 Å². The van der Waals surface area contributed by atoms with Crippen molar-refractivity contribution in [2.45, 2.75) is 68.4 Å². The van der Waals surface area contributed by atoms with Gasteiger partial charge < -0.3 is 24.6 Å². The molecule has 4 aromatic rings. The number of aryl methyl sites for hydroxylation is 1. The minimum absolute atomic E-state index is 0.0303. The lowest BCUT2D eigenvalue weighted by molar-refractivity contribution is -0.245. The van der Waals surface area contributed by atoms with Crippen LogP contribution < -0.4 is 5.32 Å². The molecule has 0 bridgehead atoms. The third-order valence-corrected chi connectivity index (χ3v) is 9.96. The Morgan fingerprint density at radius 3 is 2.40 bits per heavy atom. The van der Waals surface area contributed by atoms with Gasteiger partial charge in [-0.1, -0.05) is 102 Å². The molecule has 3 amide bonds. The normalized spacial score (nSPS) is 21.2. The molecule has 0 radical (unpaired) electrons. The molecule has 2 aliphatic heterocycles. The summed E-state index contributed by atoms with van der Waals surface area (Å²) in [6, 6.07) is 23.4. The summed E-state index contributed by atoms with van der Waals surface area (Å²) in [5, 5.41) is 21.2. The van der Waals surface area contributed by atoms with E-state index in [0.717, 1.165) is 42.1 Å². The molecule has 2 N–H and O–H groups in total. The lowest BCUT2D eigenvalue weighted by Gasteiger charge is -2.36. The minimum atomic E-state index is -0.976. The number of aromatic nitrogens is 2. The maximum Gasteiger partial charge on any atom is 0.408 e. The molecule has 244 valence electrons. The van der Waals surface area contributed by atoms with Crippen molar-refractivity contribution in [1.82, 2.24) is 20.4 Å². The maximum atomic E-state index is 13.0. The summed E-state index contributed by atoms with van der Waals surface area (Å²) in [6.45, 7) is 2.03. The van der Waals surface area contributed by atoms with Gasteiger partial charge in [0.15, 0.2) is 10.6 Å². The molecule has 1 aromatic heterocycles. The number of aliphatic hydroxyl groups is 1. The molecule has 6 rings (SSSR count). The Kier molecular flexibility index (Phi) is 10.6. The molecule has 13 heteroatoms. The number of amides is 3. The Morgan fingerprint density at radius 1 is 0.979 bits per heavy atom. The molecule has 0 spiro atoms. The third kappa shape index (κ3) is 8.42. The molecule has 2 aliphatic rings. The van der Waals surface area contributed by atoms with Crippen molar-refractivity contribution in [3.05, 3.63) is 112 Å². The fraction of sp³-hybridized carbons (Fsp3) is 0.324. The van der Waals surface area contributed by atoms with E-state index in [-0.39, 0.29) is 44.3 Å². The van der Waals surface area contributed by atoms with Crippen LogP contribution in [-0.4, -0.2) is 56.0 Å². The second-order valence-corrected chi connectivity index (χ2v) is 13.7. The molecule has 2 fully saturated rings. The van der Waals surface area contributed by atoms with E-state index in [9.17, 15) is 19.5 Å². The van der Waals surface area contributed by atoms with Gasteiger partial charge in [-0.05, 0) is 29.2 Å². The minimum Gasteiger partial charge on any atom is -0.445 e. The quantitative estimate of drug-likeness (QED) is 0.161. The Hall–Kier alpha value is -4.14. The van der Waals surface area contributed by atoms with Crippen LogP contribution in [0.3, 0.4) is 0 Å². The number of imide groups is 1. The number of carbonyl (C=O) groups excluding carboxylic acids is 3. The van der Waals surface area contributed by atoms with E-state index in [0.29, 0.717) is 12.2 Å². The van der Waals surface area contributed by atoms with E-state index in [1.807, 2.05) is 85.8 Å². The van der Waals surface area contributed by atoms with Crippen LogP contribution in [0.1, 0.15) is 58.1 Å². The van der Waals surface area contributed by atoms with Crippen molar-refractivity contribution >= 4 is 41.0 Å². The molecule has 2 saturated heterocycles. The summed E-state index contributed by atoms with van der Waals surface area (Å²) in [5.41, 5.74) is 4.18. The number of ether oxygens (including phenoxy) is 3. The molecule has 11 nitrogen and oxygen atoms in total. The Morgan fingerprint density at radius 2 is 1.70 bits per heavy atom. The van der Waals surface area contributed by atoms with Crippen molar-refractivity contribution in [3.8, 4) is 0 Å². The molecule has 0 saturated carbocycles. The van der Waals surface area contributed by atoms with Gasteiger partial charge in [0.1, 0.15) is 17.7 Å². The zero-order chi connectivity index (χ0) is 32.8. The number of nitrogens with zero attached hydrogens (tertiary/aromatic N) is 3. The average molecular weight is 675 g/mol.